The molecular weight excluding hydrogens is 325 g/mol. The number of urea groups is 1. The molecule has 124 valence electrons. The summed E-state index contributed by atoms with van der Waals surface area (Å²) in [4.78, 5) is 24.4. The van der Waals surface area contributed by atoms with Gasteiger partial charge in [0.1, 0.15) is 5.82 Å². The Morgan fingerprint density at radius 3 is 2.74 bits per heavy atom. The van der Waals surface area contributed by atoms with Crippen molar-refractivity contribution in [1.82, 2.24) is 14.5 Å². The number of hydrogen-bond donors (Lipinski definition) is 1. The highest BCUT2D eigenvalue weighted by molar-refractivity contribution is 7.88. The van der Waals surface area contributed by atoms with Crippen molar-refractivity contribution in [3.8, 4) is 0 Å². The molecule has 1 atom stereocenters. The molecule has 0 spiro atoms. The van der Waals surface area contributed by atoms with Crippen LogP contribution in [-0.2, 0) is 20.6 Å². The van der Waals surface area contributed by atoms with Crippen LogP contribution in [0.15, 0.2) is 24.3 Å². The van der Waals surface area contributed by atoms with Crippen LogP contribution in [0.25, 0.3) is 0 Å². The number of nitrogens with zero attached hydrogens (tertiary/aromatic N) is 2. The fourth-order valence-electron chi connectivity index (χ4n) is 2.91. The summed E-state index contributed by atoms with van der Waals surface area (Å²) in [6.45, 7) is 0.265. The predicted molar refractivity (Wildman–Crippen MR) is 79.2 cm³/mol. The first kappa shape index (κ1) is 15.9. The zero-order valence-corrected chi connectivity index (χ0v) is 13.1. The van der Waals surface area contributed by atoms with Gasteiger partial charge in [0.15, 0.2) is 0 Å². The number of carbonyl (C=O) groups excluding carboxylic acids is 2. The van der Waals surface area contributed by atoms with Gasteiger partial charge >= 0.3 is 6.03 Å². The van der Waals surface area contributed by atoms with Gasteiger partial charge < -0.3 is 5.32 Å². The van der Waals surface area contributed by atoms with E-state index in [4.69, 9.17) is 0 Å². The summed E-state index contributed by atoms with van der Waals surface area (Å²) < 4.78 is 39.3. The molecule has 2 heterocycles. The Hall–Kier alpha value is -2.00. The molecule has 0 bridgehead atoms. The minimum atomic E-state index is -3.63. The van der Waals surface area contributed by atoms with E-state index in [0.717, 1.165) is 4.90 Å². The van der Waals surface area contributed by atoms with Crippen molar-refractivity contribution in [1.29, 1.82) is 0 Å². The van der Waals surface area contributed by atoms with Gasteiger partial charge in [-0.05, 0) is 24.1 Å². The second-order valence-corrected chi connectivity index (χ2v) is 7.58. The number of nitrogens with one attached hydrogen (secondary N) is 1. The zero-order chi connectivity index (χ0) is 16.6. The molecule has 1 unspecified atom stereocenters. The van der Waals surface area contributed by atoms with Gasteiger partial charge in [0, 0.05) is 13.1 Å². The second-order valence-electron chi connectivity index (χ2n) is 5.61. The maximum atomic E-state index is 13.2. The van der Waals surface area contributed by atoms with Crippen LogP contribution in [0.4, 0.5) is 9.18 Å². The van der Waals surface area contributed by atoms with Gasteiger partial charge in [0.05, 0.1) is 18.3 Å². The molecule has 0 aliphatic carbocycles. The van der Waals surface area contributed by atoms with Crippen LogP contribution in [0.3, 0.4) is 0 Å². The van der Waals surface area contributed by atoms with Gasteiger partial charge in [-0.3, -0.25) is 9.69 Å². The Morgan fingerprint density at radius 1 is 1.30 bits per heavy atom. The Kier molecular flexibility index (Phi) is 4.07. The molecule has 0 aromatic heterocycles. The van der Waals surface area contributed by atoms with Crippen LogP contribution < -0.4 is 5.32 Å². The molecular formula is C14H16FN3O4S. The fraction of sp³-hybridized carbons (Fsp3) is 0.429. The summed E-state index contributed by atoms with van der Waals surface area (Å²) in [6, 6.07) is 4.50. The van der Waals surface area contributed by atoms with E-state index < -0.39 is 27.9 Å². The largest absolute Gasteiger partial charge is 0.329 e. The van der Waals surface area contributed by atoms with Gasteiger partial charge in [-0.2, -0.15) is 4.31 Å². The third-order valence-corrected chi connectivity index (χ3v) is 5.82. The van der Waals surface area contributed by atoms with E-state index >= 15 is 0 Å². The first-order chi connectivity index (χ1) is 10.9. The van der Waals surface area contributed by atoms with Crippen LogP contribution in [0.5, 0.6) is 0 Å². The van der Waals surface area contributed by atoms with Crippen LogP contribution >= 0.6 is 0 Å². The first-order valence-corrected chi connectivity index (χ1v) is 8.80. The van der Waals surface area contributed by atoms with Crippen LogP contribution in [0.2, 0.25) is 0 Å². The molecule has 0 saturated carbocycles. The number of amides is 3. The average Bonchev–Trinajstić information content (AvgIpc) is 3.06. The van der Waals surface area contributed by atoms with Crippen molar-refractivity contribution in [3.05, 3.63) is 35.6 Å². The molecule has 1 aromatic rings. The van der Waals surface area contributed by atoms with Crippen molar-refractivity contribution in [3.63, 3.8) is 0 Å². The molecule has 7 nitrogen and oxygen atoms in total. The predicted octanol–water partition coefficient (Wildman–Crippen LogP) is 0.282. The quantitative estimate of drug-likeness (QED) is 0.797. The average molecular weight is 341 g/mol. The molecule has 1 N–H and O–H groups in total. The lowest BCUT2D eigenvalue weighted by Gasteiger charge is -2.21. The summed E-state index contributed by atoms with van der Waals surface area (Å²) in [6.07, 6.45) is 0.404. The van der Waals surface area contributed by atoms with Gasteiger partial charge in [-0.15, -0.1) is 0 Å². The summed E-state index contributed by atoms with van der Waals surface area (Å²) in [5.41, 5.74) is 0.364. The van der Waals surface area contributed by atoms with E-state index in [1.54, 1.807) is 6.07 Å². The normalized spacial score (nSPS) is 22.7. The maximum absolute atomic E-state index is 13.2. The third-order valence-electron chi connectivity index (χ3n) is 4.00. The van der Waals surface area contributed by atoms with Gasteiger partial charge in [0.2, 0.25) is 15.9 Å². The molecule has 1 aromatic carbocycles. The highest BCUT2D eigenvalue weighted by Crippen LogP contribution is 2.22. The Bertz CT molecular complexity index is 736. The lowest BCUT2D eigenvalue weighted by molar-refractivity contribution is -0.126. The Balaban J connectivity index is 1.70. The van der Waals surface area contributed by atoms with E-state index in [0.29, 0.717) is 12.0 Å². The monoisotopic (exact) mass is 341 g/mol. The van der Waals surface area contributed by atoms with E-state index in [1.165, 1.54) is 22.5 Å². The van der Waals surface area contributed by atoms with Crippen LogP contribution in [0, 0.1) is 5.82 Å². The minimum Gasteiger partial charge on any atom is -0.329 e. The molecule has 2 aliphatic rings. The number of sulfonamides is 1. The topological polar surface area (TPSA) is 86.8 Å². The Labute approximate surface area is 133 Å². The molecule has 2 fully saturated rings. The second kappa shape index (κ2) is 5.89. The minimum absolute atomic E-state index is 0.0502. The van der Waals surface area contributed by atoms with Gasteiger partial charge in [-0.25, -0.2) is 17.6 Å². The van der Waals surface area contributed by atoms with Crippen molar-refractivity contribution in [2.45, 2.75) is 18.2 Å². The summed E-state index contributed by atoms with van der Waals surface area (Å²) in [7, 11) is -3.63. The molecule has 3 rings (SSSR count). The number of rotatable bonds is 4. The smallest absolute Gasteiger partial charge is 0.324 e. The van der Waals surface area contributed by atoms with E-state index in [1.807, 2.05) is 0 Å². The molecule has 23 heavy (non-hydrogen) atoms. The highest BCUT2D eigenvalue weighted by atomic mass is 32.2. The van der Waals surface area contributed by atoms with Crippen LogP contribution in [0.1, 0.15) is 12.0 Å². The summed E-state index contributed by atoms with van der Waals surface area (Å²) in [5.74, 6) is -1.14. The number of hydrogen-bond acceptors (Lipinski definition) is 4. The molecule has 0 radical (unpaired) electrons. The molecule has 9 heteroatoms. The maximum Gasteiger partial charge on any atom is 0.324 e. The molecule has 2 saturated heterocycles. The number of imide groups is 1. The number of halogens is 1. The van der Waals surface area contributed by atoms with Crippen molar-refractivity contribution >= 4 is 22.0 Å². The number of carbonyl (C=O) groups is 2. The fourth-order valence-corrected chi connectivity index (χ4v) is 4.47. The standard InChI is InChI=1S/C14H16FN3O4S/c15-11-3-1-2-10(6-11)9-23(21,22)17-5-4-12(8-17)18-13(19)7-16-14(18)20/h1-3,6,12H,4-5,7-9H2,(H,16,20). The molecule has 2 aliphatic heterocycles. The van der Waals surface area contributed by atoms with Gasteiger partial charge in [0.25, 0.3) is 0 Å². The summed E-state index contributed by atoms with van der Waals surface area (Å²) >= 11 is 0. The number of benzene rings is 1. The van der Waals surface area contributed by atoms with Crippen molar-refractivity contribution in [2.75, 3.05) is 19.6 Å². The lowest BCUT2D eigenvalue weighted by atomic mass is 10.2. The SMILES string of the molecule is O=C1CNC(=O)N1C1CCN(S(=O)(=O)Cc2cccc(F)c2)C1. The van der Waals surface area contributed by atoms with Crippen LogP contribution in [-0.4, -0.2) is 55.2 Å². The third kappa shape index (κ3) is 3.20. The van der Waals surface area contributed by atoms with E-state index in [-0.39, 0.29) is 31.3 Å². The first-order valence-electron chi connectivity index (χ1n) is 7.19. The van der Waals surface area contributed by atoms with Gasteiger partial charge in [-0.1, -0.05) is 12.1 Å². The Morgan fingerprint density at radius 2 is 2.09 bits per heavy atom. The van der Waals surface area contributed by atoms with E-state index in [9.17, 15) is 22.4 Å². The van der Waals surface area contributed by atoms with E-state index in [2.05, 4.69) is 5.32 Å². The van der Waals surface area contributed by atoms with Crippen molar-refractivity contribution < 1.29 is 22.4 Å². The van der Waals surface area contributed by atoms with Crippen molar-refractivity contribution in [2.24, 2.45) is 0 Å². The highest BCUT2D eigenvalue weighted by Gasteiger charge is 2.41. The summed E-state index contributed by atoms with van der Waals surface area (Å²) in [5, 5.41) is 2.42. The molecule has 3 amide bonds. The zero-order valence-electron chi connectivity index (χ0n) is 12.2. The lowest BCUT2D eigenvalue weighted by Crippen LogP contribution is -2.43.